The zero-order chi connectivity index (χ0) is 16.0. The summed E-state index contributed by atoms with van der Waals surface area (Å²) in [5.41, 5.74) is 0.322. The van der Waals surface area contributed by atoms with Gasteiger partial charge in [0.1, 0.15) is 5.82 Å². The molecule has 1 aromatic carbocycles. The smallest absolute Gasteiger partial charge is 0.320 e. The monoisotopic (exact) mass is 297 g/mol. The van der Waals surface area contributed by atoms with Crippen molar-refractivity contribution in [2.75, 3.05) is 19.7 Å². The lowest BCUT2D eigenvalue weighted by molar-refractivity contribution is -0.146. The number of rotatable bonds is 6. The van der Waals surface area contributed by atoms with Gasteiger partial charge in [0.05, 0.1) is 19.3 Å². The summed E-state index contributed by atoms with van der Waals surface area (Å²) in [7, 11) is 0. The molecular formula is C16H24FNO3. The first-order chi connectivity index (χ1) is 9.74. The molecule has 5 heteroatoms. The zero-order valence-electron chi connectivity index (χ0n) is 13.1. The number of carbonyl (C=O) groups excluding carboxylic acids is 1. The number of aliphatic hydroxyl groups is 1. The van der Waals surface area contributed by atoms with Gasteiger partial charge in [0, 0.05) is 12.1 Å². The van der Waals surface area contributed by atoms with Crippen molar-refractivity contribution in [2.24, 2.45) is 0 Å². The van der Waals surface area contributed by atoms with E-state index in [-0.39, 0.29) is 30.4 Å². The van der Waals surface area contributed by atoms with Gasteiger partial charge in [0.2, 0.25) is 0 Å². The topological polar surface area (TPSA) is 49.8 Å². The molecule has 0 heterocycles. The highest BCUT2D eigenvalue weighted by Crippen LogP contribution is 2.20. The Morgan fingerprint density at radius 2 is 1.90 bits per heavy atom. The molecule has 0 saturated carbocycles. The Bertz CT molecular complexity index is 454. The zero-order valence-corrected chi connectivity index (χ0v) is 13.1. The third-order valence-corrected chi connectivity index (χ3v) is 3.22. The summed E-state index contributed by atoms with van der Waals surface area (Å²) >= 11 is 0. The lowest BCUT2D eigenvalue weighted by atomic mass is 10.0. The van der Waals surface area contributed by atoms with E-state index in [0.717, 1.165) is 0 Å². The summed E-state index contributed by atoms with van der Waals surface area (Å²) in [4.78, 5) is 13.5. The number of halogens is 1. The minimum atomic E-state index is -0.792. The quantitative estimate of drug-likeness (QED) is 0.820. The fourth-order valence-corrected chi connectivity index (χ4v) is 1.94. The lowest BCUT2D eigenvalue weighted by Crippen LogP contribution is -2.46. The summed E-state index contributed by atoms with van der Waals surface area (Å²) in [5, 5.41) is 10.3. The van der Waals surface area contributed by atoms with Gasteiger partial charge >= 0.3 is 5.97 Å². The molecule has 0 amide bonds. The number of hydrogen-bond donors (Lipinski definition) is 1. The Labute approximate surface area is 125 Å². The second kappa shape index (κ2) is 7.52. The highest BCUT2D eigenvalue weighted by atomic mass is 19.1. The van der Waals surface area contributed by atoms with Gasteiger partial charge in [-0.15, -0.1) is 0 Å². The predicted octanol–water partition coefficient (Wildman–Crippen LogP) is 2.52. The number of hydrogen-bond acceptors (Lipinski definition) is 4. The number of esters is 1. The van der Waals surface area contributed by atoms with Crippen LogP contribution in [0.3, 0.4) is 0 Å². The second-order valence-electron chi connectivity index (χ2n) is 5.92. The number of nitrogens with zero attached hydrogens (tertiary/aromatic N) is 1. The Morgan fingerprint density at radius 1 is 1.33 bits per heavy atom. The molecule has 1 rings (SSSR count). The van der Waals surface area contributed by atoms with Gasteiger partial charge < -0.3 is 9.84 Å². The van der Waals surface area contributed by atoms with Crippen LogP contribution < -0.4 is 0 Å². The van der Waals surface area contributed by atoms with E-state index in [1.54, 1.807) is 19.1 Å². The van der Waals surface area contributed by atoms with Crippen LogP contribution in [-0.2, 0) is 9.53 Å². The second-order valence-corrected chi connectivity index (χ2v) is 5.92. The molecule has 0 aliphatic carbocycles. The van der Waals surface area contributed by atoms with E-state index >= 15 is 0 Å². The van der Waals surface area contributed by atoms with E-state index in [4.69, 9.17) is 4.74 Å². The largest absolute Gasteiger partial charge is 0.465 e. The number of aliphatic hydroxyl groups excluding tert-OH is 1. The molecule has 1 N–H and O–H groups in total. The molecule has 0 aliphatic rings. The fraction of sp³-hybridized carbons (Fsp3) is 0.562. The van der Waals surface area contributed by atoms with Crippen LogP contribution >= 0.6 is 0 Å². The molecule has 1 unspecified atom stereocenters. The SMILES string of the molecule is CCOC(=O)CN(CC(O)c1ccc(F)cc1)C(C)(C)C. The molecule has 0 aliphatic heterocycles. The summed E-state index contributed by atoms with van der Waals surface area (Å²) in [6.07, 6.45) is -0.792. The van der Waals surface area contributed by atoms with Crippen molar-refractivity contribution in [3.05, 3.63) is 35.6 Å². The standard InChI is InChI=1S/C16H24FNO3/c1-5-21-15(20)11-18(16(2,3)4)10-14(19)12-6-8-13(17)9-7-12/h6-9,14,19H,5,10-11H2,1-4H3. The Morgan fingerprint density at radius 3 is 2.38 bits per heavy atom. The Kier molecular flexibility index (Phi) is 6.30. The van der Waals surface area contributed by atoms with E-state index in [1.165, 1.54) is 12.1 Å². The van der Waals surface area contributed by atoms with Crippen molar-refractivity contribution in [3.63, 3.8) is 0 Å². The maximum absolute atomic E-state index is 12.9. The van der Waals surface area contributed by atoms with Gasteiger partial charge in [0.15, 0.2) is 0 Å². The molecule has 118 valence electrons. The number of β-amino-alcohol motifs (C(OH)–C–C–N with tert-alkyl or cyclic N) is 1. The highest BCUT2D eigenvalue weighted by molar-refractivity contribution is 5.71. The van der Waals surface area contributed by atoms with Crippen LogP contribution in [0.4, 0.5) is 4.39 Å². The minimum Gasteiger partial charge on any atom is -0.465 e. The number of carbonyl (C=O) groups is 1. The van der Waals surface area contributed by atoms with Crippen molar-refractivity contribution in [1.29, 1.82) is 0 Å². The fourth-order valence-electron chi connectivity index (χ4n) is 1.94. The third kappa shape index (κ3) is 5.81. The van der Waals surface area contributed by atoms with E-state index < -0.39 is 6.10 Å². The van der Waals surface area contributed by atoms with E-state index in [9.17, 15) is 14.3 Å². The molecular weight excluding hydrogens is 273 g/mol. The van der Waals surface area contributed by atoms with Crippen LogP contribution in [-0.4, -0.2) is 41.2 Å². The molecule has 0 bridgehead atoms. The van der Waals surface area contributed by atoms with Gasteiger partial charge in [-0.25, -0.2) is 4.39 Å². The molecule has 0 radical (unpaired) electrons. The molecule has 21 heavy (non-hydrogen) atoms. The maximum atomic E-state index is 12.9. The number of benzene rings is 1. The van der Waals surface area contributed by atoms with Gasteiger partial charge in [-0.05, 0) is 45.4 Å². The summed E-state index contributed by atoms with van der Waals surface area (Å²) < 4.78 is 17.9. The van der Waals surface area contributed by atoms with Gasteiger partial charge in [-0.2, -0.15) is 0 Å². The van der Waals surface area contributed by atoms with Crippen molar-refractivity contribution in [1.82, 2.24) is 4.90 Å². The van der Waals surface area contributed by atoms with Crippen molar-refractivity contribution in [3.8, 4) is 0 Å². The normalized spacial score (nSPS) is 13.3. The average Bonchev–Trinajstić information content (AvgIpc) is 2.37. The average molecular weight is 297 g/mol. The summed E-state index contributed by atoms with van der Waals surface area (Å²) in [6.45, 7) is 8.35. The van der Waals surface area contributed by atoms with Gasteiger partial charge in [0.25, 0.3) is 0 Å². The van der Waals surface area contributed by atoms with Crippen LogP contribution in [0.15, 0.2) is 24.3 Å². The van der Waals surface area contributed by atoms with E-state index in [1.807, 2.05) is 25.7 Å². The van der Waals surface area contributed by atoms with Crippen LogP contribution in [0.25, 0.3) is 0 Å². The van der Waals surface area contributed by atoms with Gasteiger partial charge in [-0.1, -0.05) is 12.1 Å². The maximum Gasteiger partial charge on any atom is 0.320 e. The third-order valence-electron chi connectivity index (χ3n) is 3.22. The van der Waals surface area contributed by atoms with Crippen molar-refractivity contribution in [2.45, 2.75) is 39.3 Å². The summed E-state index contributed by atoms with van der Waals surface area (Å²) in [6, 6.07) is 5.72. The molecule has 0 spiro atoms. The van der Waals surface area contributed by atoms with Crippen LogP contribution in [0.1, 0.15) is 39.4 Å². The lowest BCUT2D eigenvalue weighted by Gasteiger charge is -2.36. The minimum absolute atomic E-state index is 0.107. The molecule has 1 atom stereocenters. The van der Waals surface area contributed by atoms with Crippen LogP contribution in [0.5, 0.6) is 0 Å². The Hall–Kier alpha value is -1.46. The van der Waals surface area contributed by atoms with E-state index in [0.29, 0.717) is 12.2 Å². The highest BCUT2D eigenvalue weighted by Gasteiger charge is 2.26. The molecule has 0 saturated heterocycles. The summed E-state index contributed by atoms with van der Waals surface area (Å²) in [5.74, 6) is -0.663. The molecule has 0 aromatic heterocycles. The Balaban J connectivity index is 2.76. The first kappa shape index (κ1) is 17.6. The predicted molar refractivity (Wildman–Crippen MR) is 79.3 cm³/mol. The van der Waals surface area contributed by atoms with Gasteiger partial charge in [-0.3, -0.25) is 9.69 Å². The molecule has 1 aromatic rings. The number of ether oxygens (including phenoxy) is 1. The van der Waals surface area contributed by atoms with E-state index in [2.05, 4.69) is 0 Å². The molecule has 0 fully saturated rings. The van der Waals surface area contributed by atoms with Crippen LogP contribution in [0.2, 0.25) is 0 Å². The molecule has 4 nitrogen and oxygen atoms in total. The van der Waals surface area contributed by atoms with Crippen LogP contribution in [0, 0.1) is 5.82 Å². The first-order valence-electron chi connectivity index (χ1n) is 7.08. The van der Waals surface area contributed by atoms with Crippen molar-refractivity contribution >= 4 is 5.97 Å². The van der Waals surface area contributed by atoms with Crippen molar-refractivity contribution < 1.29 is 19.0 Å². The first-order valence-corrected chi connectivity index (χ1v) is 7.08.